The van der Waals surface area contributed by atoms with Crippen molar-refractivity contribution in [1.82, 2.24) is 0 Å². The van der Waals surface area contributed by atoms with Crippen LogP contribution in [0.25, 0.3) is 0 Å². The van der Waals surface area contributed by atoms with Gasteiger partial charge in [0, 0.05) is 12.5 Å². The largest absolute Gasteiger partial charge is 0.496 e. The molecule has 0 bridgehead atoms. The Morgan fingerprint density at radius 3 is 2.37 bits per heavy atom. The number of ether oxygens (including phenoxy) is 1. The summed E-state index contributed by atoms with van der Waals surface area (Å²) in [6, 6.07) is 16.8. The Labute approximate surface area is 115 Å². The SMILES string of the molecule is CCc1cc(C(CN)c2ccccc2)ccc1OC. The monoisotopic (exact) mass is 255 g/mol. The summed E-state index contributed by atoms with van der Waals surface area (Å²) >= 11 is 0. The van der Waals surface area contributed by atoms with Gasteiger partial charge in [-0.05, 0) is 29.2 Å². The molecule has 0 saturated heterocycles. The van der Waals surface area contributed by atoms with Crippen LogP contribution in [0.4, 0.5) is 0 Å². The van der Waals surface area contributed by atoms with Gasteiger partial charge in [-0.2, -0.15) is 0 Å². The summed E-state index contributed by atoms with van der Waals surface area (Å²) in [6.07, 6.45) is 0.961. The van der Waals surface area contributed by atoms with Crippen LogP contribution in [0, 0.1) is 0 Å². The van der Waals surface area contributed by atoms with Crippen molar-refractivity contribution in [3.8, 4) is 5.75 Å². The van der Waals surface area contributed by atoms with Crippen molar-refractivity contribution < 1.29 is 4.74 Å². The van der Waals surface area contributed by atoms with E-state index < -0.39 is 0 Å². The minimum atomic E-state index is 0.248. The zero-order valence-corrected chi connectivity index (χ0v) is 11.6. The van der Waals surface area contributed by atoms with Gasteiger partial charge in [0.05, 0.1) is 7.11 Å². The van der Waals surface area contributed by atoms with Gasteiger partial charge in [0.15, 0.2) is 0 Å². The molecule has 2 aromatic carbocycles. The van der Waals surface area contributed by atoms with Crippen molar-refractivity contribution in [2.45, 2.75) is 19.3 Å². The molecule has 0 amide bonds. The van der Waals surface area contributed by atoms with E-state index in [0.717, 1.165) is 12.2 Å². The van der Waals surface area contributed by atoms with Crippen LogP contribution in [-0.4, -0.2) is 13.7 Å². The fraction of sp³-hybridized carbons (Fsp3) is 0.294. The van der Waals surface area contributed by atoms with E-state index in [2.05, 4.69) is 43.3 Å². The molecule has 1 atom stereocenters. The highest BCUT2D eigenvalue weighted by Crippen LogP contribution is 2.28. The average Bonchev–Trinajstić information content (AvgIpc) is 2.49. The molecule has 0 radical (unpaired) electrons. The molecule has 0 aliphatic carbocycles. The smallest absolute Gasteiger partial charge is 0.122 e. The topological polar surface area (TPSA) is 35.2 Å². The first-order chi connectivity index (χ1) is 9.30. The van der Waals surface area contributed by atoms with Crippen molar-refractivity contribution in [1.29, 1.82) is 0 Å². The van der Waals surface area contributed by atoms with Crippen molar-refractivity contribution in [2.24, 2.45) is 5.73 Å². The molecule has 2 aromatic rings. The van der Waals surface area contributed by atoms with Crippen LogP contribution in [0.5, 0.6) is 5.75 Å². The lowest BCUT2D eigenvalue weighted by Crippen LogP contribution is -2.14. The quantitative estimate of drug-likeness (QED) is 0.889. The summed E-state index contributed by atoms with van der Waals surface area (Å²) in [6.45, 7) is 2.75. The second-order valence-electron chi connectivity index (χ2n) is 4.62. The highest BCUT2D eigenvalue weighted by Gasteiger charge is 2.13. The van der Waals surface area contributed by atoms with E-state index in [1.54, 1.807) is 7.11 Å². The third kappa shape index (κ3) is 2.96. The van der Waals surface area contributed by atoms with Crippen LogP contribution in [0.15, 0.2) is 48.5 Å². The molecule has 19 heavy (non-hydrogen) atoms. The third-order valence-corrected chi connectivity index (χ3v) is 3.53. The van der Waals surface area contributed by atoms with Crippen molar-refractivity contribution >= 4 is 0 Å². The normalized spacial score (nSPS) is 12.2. The van der Waals surface area contributed by atoms with Gasteiger partial charge in [-0.25, -0.2) is 0 Å². The molecule has 0 fully saturated rings. The zero-order chi connectivity index (χ0) is 13.7. The van der Waals surface area contributed by atoms with Crippen molar-refractivity contribution in [2.75, 3.05) is 13.7 Å². The van der Waals surface area contributed by atoms with E-state index in [9.17, 15) is 0 Å². The molecule has 0 aliphatic heterocycles. The maximum atomic E-state index is 5.97. The Hall–Kier alpha value is -1.80. The number of aryl methyl sites for hydroxylation is 1. The summed E-state index contributed by atoms with van der Waals surface area (Å²) in [4.78, 5) is 0. The lowest BCUT2D eigenvalue weighted by molar-refractivity contribution is 0.410. The minimum absolute atomic E-state index is 0.248. The Morgan fingerprint density at radius 1 is 1.05 bits per heavy atom. The molecule has 1 unspecified atom stereocenters. The number of rotatable bonds is 5. The molecule has 0 aromatic heterocycles. The molecule has 0 spiro atoms. The van der Waals surface area contributed by atoms with Crippen LogP contribution in [0.1, 0.15) is 29.5 Å². The number of benzene rings is 2. The number of nitrogens with two attached hydrogens (primary N) is 1. The van der Waals surface area contributed by atoms with E-state index in [-0.39, 0.29) is 5.92 Å². The predicted octanol–water partition coefficient (Wildman–Crippen LogP) is 3.35. The summed E-state index contributed by atoms with van der Waals surface area (Å²) in [5, 5.41) is 0. The highest BCUT2D eigenvalue weighted by atomic mass is 16.5. The Kier molecular flexibility index (Phi) is 4.58. The first-order valence-electron chi connectivity index (χ1n) is 6.72. The van der Waals surface area contributed by atoms with Crippen LogP contribution in [-0.2, 0) is 6.42 Å². The molecule has 2 rings (SSSR count). The first-order valence-corrected chi connectivity index (χ1v) is 6.72. The summed E-state index contributed by atoms with van der Waals surface area (Å²) < 4.78 is 5.38. The van der Waals surface area contributed by atoms with E-state index in [1.807, 2.05) is 12.1 Å². The minimum Gasteiger partial charge on any atom is -0.496 e. The van der Waals surface area contributed by atoms with E-state index in [4.69, 9.17) is 10.5 Å². The maximum absolute atomic E-state index is 5.97. The zero-order valence-electron chi connectivity index (χ0n) is 11.6. The Balaban J connectivity index is 2.39. The molecule has 2 nitrogen and oxygen atoms in total. The summed E-state index contributed by atoms with van der Waals surface area (Å²) in [5.74, 6) is 1.20. The van der Waals surface area contributed by atoms with Gasteiger partial charge >= 0.3 is 0 Å². The lowest BCUT2D eigenvalue weighted by atomic mass is 9.90. The van der Waals surface area contributed by atoms with Crippen LogP contribution in [0.2, 0.25) is 0 Å². The van der Waals surface area contributed by atoms with Gasteiger partial charge in [-0.15, -0.1) is 0 Å². The van der Waals surface area contributed by atoms with E-state index in [1.165, 1.54) is 16.7 Å². The lowest BCUT2D eigenvalue weighted by Gasteiger charge is -2.18. The van der Waals surface area contributed by atoms with Gasteiger partial charge in [-0.1, -0.05) is 49.4 Å². The van der Waals surface area contributed by atoms with Crippen LogP contribution < -0.4 is 10.5 Å². The van der Waals surface area contributed by atoms with Gasteiger partial charge in [0.2, 0.25) is 0 Å². The highest BCUT2D eigenvalue weighted by molar-refractivity contribution is 5.42. The number of hydrogen-bond acceptors (Lipinski definition) is 2. The molecule has 0 heterocycles. The summed E-state index contributed by atoms with van der Waals surface area (Å²) in [7, 11) is 1.71. The molecule has 2 heteroatoms. The molecule has 0 aliphatic rings. The van der Waals surface area contributed by atoms with Crippen LogP contribution >= 0.6 is 0 Å². The molecule has 2 N–H and O–H groups in total. The van der Waals surface area contributed by atoms with Crippen molar-refractivity contribution in [3.63, 3.8) is 0 Å². The van der Waals surface area contributed by atoms with E-state index >= 15 is 0 Å². The molecular formula is C17H21NO. The standard InChI is InChI=1S/C17H21NO/c1-3-13-11-15(9-10-17(13)19-2)16(12-18)14-7-5-4-6-8-14/h4-11,16H,3,12,18H2,1-2H3. The van der Waals surface area contributed by atoms with Gasteiger partial charge < -0.3 is 10.5 Å². The fourth-order valence-electron chi connectivity index (χ4n) is 2.44. The second-order valence-corrected chi connectivity index (χ2v) is 4.62. The van der Waals surface area contributed by atoms with Gasteiger partial charge in [0.25, 0.3) is 0 Å². The number of methoxy groups -OCH3 is 1. The fourth-order valence-corrected chi connectivity index (χ4v) is 2.44. The maximum Gasteiger partial charge on any atom is 0.122 e. The van der Waals surface area contributed by atoms with Crippen LogP contribution in [0.3, 0.4) is 0 Å². The average molecular weight is 255 g/mol. The molecule has 100 valence electrons. The van der Waals surface area contributed by atoms with Crippen molar-refractivity contribution in [3.05, 3.63) is 65.2 Å². The predicted molar refractivity (Wildman–Crippen MR) is 79.7 cm³/mol. The van der Waals surface area contributed by atoms with E-state index in [0.29, 0.717) is 6.54 Å². The Bertz CT molecular complexity index is 522. The molecule has 0 saturated carbocycles. The molecular weight excluding hydrogens is 234 g/mol. The Morgan fingerprint density at radius 2 is 1.79 bits per heavy atom. The van der Waals surface area contributed by atoms with Gasteiger partial charge in [0.1, 0.15) is 5.75 Å². The number of hydrogen-bond donors (Lipinski definition) is 1. The third-order valence-electron chi connectivity index (χ3n) is 3.53. The first kappa shape index (κ1) is 13.6. The van der Waals surface area contributed by atoms with Gasteiger partial charge in [-0.3, -0.25) is 0 Å². The second kappa shape index (κ2) is 6.39. The summed E-state index contributed by atoms with van der Waals surface area (Å²) in [5.41, 5.74) is 9.72.